The quantitative estimate of drug-likeness (QED) is 0.853. The van der Waals surface area contributed by atoms with Gasteiger partial charge in [0.25, 0.3) is 5.95 Å². The molecule has 0 spiro atoms. The highest BCUT2D eigenvalue weighted by molar-refractivity contribution is 5.76. The number of nitrogens with one attached hydrogen (secondary N) is 1. The van der Waals surface area contributed by atoms with Gasteiger partial charge in [-0.1, -0.05) is 0 Å². The summed E-state index contributed by atoms with van der Waals surface area (Å²) < 4.78 is 37.6. The van der Waals surface area contributed by atoms with E-state index in [4.69, 9.17) is 0 Å². The van der Waals surface area contributed by atoms with Gasteiger partial charge in [-0.25, -0.2) is 4.79 Å². The van der Waals surface area contributed by atoms with Gasteiger partial charge in [0.2, 0.25) is 0 Å². The van der Waals surface area contributed by atoms with Crippen LogP contribution in [-0.4, -0.2) is 45.0 Å². The molecule has 124 valence electrons. The van der Waals surface area contributed by atoms with Crippen molar-refractivity contribution in [1.29, 1.82) is 0 Å². The van der Waals surface area contributed by atoms with Gasteiger partial charge in [0, 0.05) is 13.1 Å². The van der Waals surface area contributed by atoms with Crippen LogP contribution in [0.25, 0.3) is 5.65 Å². The lowest BCUT2D eigenvalue weighted by Gasteiger charge is -2.17. The highest BCUT2D eigenvalue weighted by Crippen LogP contribution is 2.22. The first-order valence-electron chi connectivity index (χ1n) is 6.88. The maximum atomic E-state index is 12.1. The van der Waals surface area contributed by atoms with Crippen molar-refractivity contribution in [3.05, 3.63) is 11.6 Å². The third kappa shape index (κ3) is 2.98. The second-order valence-corrected chi connectivity index (χ2v) is 5.13. The normalized spacial score (nSPS) is 15.2. The molecule has 1 aliphatic heterocycles. The van der Waals surface area contributed by atoms with E-state index in [2.05, 4.69) is 25.0 Å². The monoisotopic (exact) mass is 330 g/mol. The largest absolute Gasteiger partial charge is 0.493 e. The van der Waals surface area contributed by atoms with E-state index in [1.54, 1.807) is 6.92 Å². The first-order valence-corrected chi connectivity index (χ1v) is 6.88. The van der Waals surface area contributed by atoms with Crippen LogP contribution in [-0.2, 0) is 9.63 Å². The van der Waals surface area contributed by atoms with Gasteiger partial charge in [0.15, 0.2) is 5.65 Å². The van der Waals surface area contributed by atoms with E-state index in [0.29, 0.717) is 11.5 Å². The SMILES string of the molecule is Cc1cc(N2CCCC2)nn2c(NOC(=O)C(F)(F)F)nnc12. The molecule has 23 heavy (non-hydrogen) atoms. The Labute approximate surface area is 128 Å². The number of anilines is 2. The van der Waals surface area contributed by atoms with Gasteiger partial charge < -0.3 is 9.74 Å². The highest BCUT2D eigenvalue weighted by Gasteiger charge is 2.42. The number of alkyl halides is 3. The molecule has 0 bridgehead atoms. The summed E-state index contributed by atoms with van der Waals surface area (Å²) >= 11 is 0. The van der Waals surface area contributed by atoms with E-state index < -0.39 is 12.1 Å². The van der Waals surface area contributed by atoms with Crippen molar-refractivity contribution in [3.63, 3.8) is 0 Å². The van der Waals surface area contributed by atoms with Crippen LogP contribution in [0.3, 0.4) is 0 Å². The molecule has 2 aromatic heterocycles. The molecule has 1 fully saturated rings. The second kappa shape index (κ2) is 5.56. The number of aryl methyl sites for hydroxylation is 1. The summed E-state index contributed by atoms with van der Waals surface area (Å²) in [6, 6.07) is 1.83. The van der Waals surface area contributed by atoms with Crippen molar-refractivity contribution in [2.24, 2.45) is 0 Å². The molecule has 1 aliphatic rings. The summed E-state index contributed by atoms with van der Waals surface area (Å²) in [5.41, 5.74) is 2.97. The van der Waals surface area contributed by atoms with Crippen LogP contribution in [0.2, 0.25) is 0 Å². The zero-order valence-electron chi connectivity index (χ0n) is 12.1. The van der Waals surface area contributed by atoms with Crippen LogP contribution in [0.15, 0.2) is 6.07 Å². The number of carbonyl (C=O) groups is 1. The van der Waals surface area contributed by atoms with Crippen LogP contribution >= 0.6 is 0 Å². The van der Waals surface area contributed by atoms with Gasteiger partial charge in [-0.3, -0.25) is 0 Å². The van der Waals surface area contributed by atoms with Crippen molar-refractivity contribution in [2.45, 2.75) is 25.9 Å². The van der Waals surface area contributed by atoms with E-state index in [9.17, 15) is 18.0 Å². The number of fused-ring (bicyclic) bond motifs is 1. The van der Waals surface area contributed by atoms with Crippen LogP contribution in [0.5, 0.6) is 0 Å². The Bertz CT molecular complexity index is 738. The second-order valence-electron chi connectivity index (χ2n) is 5.13. The summed E-state index contributed by atoms with van der Waals surface area (Å²) in [4.78, 5) is 16.8. The number of carbonyl (C=O) groups excluding carboxylic acids is 1. The van der Waals surface area contributed by atoms with Crippen LogP contribution in [0.4, 0.5) is 24.9 Å². The maximum Gasteiger partial charge on any atom is 0.493 e. The lowest BCUT2D eigenvalue weighted by Crippen LogP contribution is -2.28. The molecule has 0 unspecified atom stereocenters. The third-order valence-electron chi connectivity index (χ3n) is 3.44. The zero-order valence-corrected chi connectivity index (χ0v) is 12.1. The molecular weight excluding hydrogens is 317 g/mol. The summed E-state index contributed by atoms with van der Waals surface area (Å²) in [5.74, 6) is -1.92. The van der Waals surface area contributed by atoms with Gasteiger partial charge in [-0.05, 0) is 31.4 Å². The Kier molecular flexibility index (Phi) is 3.70. The minimum atomic E-state index is -5.10. The van der Waals surface area contributed by atoms with Crippen LogP contribution in [0.1, 0.15) is 18.4 Å². The lowest BCUT2D eigenvalue weighted by atomic mass is 10.3. The van der Waals surface area contributed by atoms with Gasteiger partial charge in [-0.15, -0.1) is 15.3 Å². The lowest BCUT2D eigenvalue weighted by molar-refractivity contribution is -0.196. The Hall–Kier alpha value is -2.59. The first-order chi connectivity index (χ1) is 10.9. The molecule has 1 N–H and O–H groups in total. The Morgan fingerprint density at radius 3 is 2.65 bits per heavy atom. The fourth-order valence-corrected chi connectivity index (χ4v) is 2.32. The van der Waals surface area contributed by atoms with Gasteiger partial charge in [-0.2, -0.15) is 23.2 Å². The summed E-state index contributed by atoms with van der Waals surface area (Å²) in [6.07, 6.45) is -3.00. The number of hydrogen-bond acceptors (Lipinski definition) is 7. The Balaban J connectivity index is 1.87. The van der Waals surface area contributed by atoms with Crippen molar-refractivity contribution < 1.29 is 22.8 Å². The first kappa shape index (κ1) is 15.3. The summed E-state index contributed by atoms with van der Waals surface area (Å²) in [7, 11) is 0. The van der Waals surface area contributed by atoms with E-state index in [1.807, 2.05) is 11.5 Å². The summed E-state index contributed by atoms with van der Waals surface area (Å²) in [5, 5.41) is 11.8. The van der Waals surface area contributed by atoms with Crippen LogP contribution < -0.4 is 10.4 Å². The molecule has 3 heterocycles. The average Bonchev–Trinajstić information content (AvgIpc) is 3.13. The molecule has 0 saturated carbocycles. The molecule has 2 aromatic rings. The molecule has 1 saturated heterocycles. The summed E-state index contributed by atoms with van der Waals surface area (Å²) in [6.45, 7) is 3.49. The van der Waals surface area contributed by atoms with Crippen molar-refractivity contribution >= 4 is 23.4 Å². The molecule has 0 radical (unpaired) electrons. The Morgan fingerprint density at radius 1 is 1.30 bits per heavy atom. The molecule has 0 amide bonds. The molecule has 0 aromatic carbocycles. The smallest absolute Gasteiger partial charge is 0.355 e. The fourth-order valence-electron chi connectivity index (χ4n) is 2.32. The van der Waals surface area contributed by atoms with E-state index in [1.165, 1.54) is 4.52 Å². The fraction of sp³-hybridized carbons (Fsp3) is 0.500. The standard InChI is InChI=1S/C12H13F3N6O2/c1-7-6-8(20-4-2-3-5-20)18-21-9(7)16-17-11(21)19-23-10(22)12(13,14)15/h6H,2-5H2,1H3,(H,17,19). The predicted octanol–water partition coefficient (Wildman–Crippen LogP) is 1.47. The van der Waals surface area contributed by atoms with E-state index in [0.717, 1.165) is 31.5 Å². The van der Waals surface area contributed by atoms with Gasteiger partial charge >= 0.3 is 12.1 Å². The molecule has 0 aliphatic carbocycles. The zero-order chi connectivity index (χ0) is 16.6. The number of halogens is 3. The van der Waals surface area contributed by atoms with Gasteiger partial charge in [0.05, 0.1) is 0 Å². The molecular formula is C12H13F3N6O2. The molecule has 3 rings (SSSR count). The van der Waals surface area contributed by atoms with Crippen molar-refractivity contribution in [1.82, 2.24) is 19.8 Å². The molecule has 8 nitrogen and oxygen atoms in total. The molecule has 11 heteroatoms. The van der Waals surface area contributed by atoms with Crippen molar-refractivity contribution in [2.75, 3.05) is 23.5 Å². The predicted molar refractivity (Wildman–Crippen MR) is 72.7 cm³/mol. The van der Waals surface area contributed by atoms with Gasteiger partial charge in [0.1, 0.15) is 5.82 Å². The number of rotatable bonds is 3. The molecule has 0 atom stereocenters. The maximum absolute atomic E-state index is 12.1. The number of aromatic nitrogens is 4. The number of nitrogens with zero attached hydrogens (tertiary/aromatic N) is 5. The topological polar surface area (TPSA) is 84.6 Å². The highest BCUT2D eigenvalue weighted by atomic mass is 19.4. The van der Waals surface area contributed by atoms with Crippen LogP contribution in [0, 0.1) is 6.92 Å². The minimum absolute atomic E-state index is 0.207. The number of hydrogen-bond donors (Lipinski definition) is 1. The van der Waals surface area contributed by atoms with E-state index >= 15 is 0 Å². The minimum Gasteiger partial charge on any atom is -0.355 e. The average molecular weight is 330 g/mol. The van der Waals surface area contributed by atoms with Crippen molar-refractivity contribution in [3.8, 4) is 0 Å². The van der Waals surface area contributed by atoms with E-state index in [-0.39, 0.29) is 5.95 Å². The third-order valence-corrected chi connectivity index (χ3v) is 3.44. The Morgan fingerprint density at radius 2 is 2.00 bits per heavy atom.